The van der Waals surface area contributed by atoms with Gasteiger partial charge in [0.15, 0.2) is 5.96 Å². The van der Waals surface area contributed by atoms with E-state index in [2.05, 4.69) is 53.1 Å². The Balaban J connectivity index is 1.81. The van der Waals surface area contributed by atoms with E-state index in [0.717, 1.165) is 30.8 Å². The molecule has 3 nitrogen and oxygen atoms in total. The molecular formula is C15H25N3S2. The van der Waals surface area contributed by atoms with Crippen LogP contribution in [-0.2, 0) is 0 Å². The molecule has 1 aromatic heterocycles. The van der Waals surface area contributed by atoms with E-state index in [4.69, 9.17) is 4.99 Å². The standard InChI is InChI=1S/C15H25N3S2/c1-3-16-15(18-10-14-5-4-7-20-14)17-9-12(2)13-6-8-19-11-13/h6,8,11-12,14H,3-5,7,9-10H2,1-2H3,(H2,16,17,18). The minimum atomic E-state index is 0.484. The average molecular weight is 312 g/mol. The zero-order chi connectivity index (χ0) is 14.2. The normalized spacial score (nSPS) is 20.9. The number of rotatable bonds is 6. The van der Waals surface area contributed by atoms with Crippen molar-refractivity contribution in [1.29, 1.82) is 0 Å². The summed E-state index contributed by atoms with van der Waals surface area (Å²) in [5.41, 5.74) is 1.39. The Kier molecular flexibility index (Phi) is 6.73. The minimum Gasteiger partial charge on any atom is -0.357 e. The molecule has 0 saturated carbocycles. The highest BCUT2D eigenvalue weighted by Gasteiger charge is 2.15. The molecule has 1 aliphatic heterocycles. The quantitative estimate of drug-likeness (QED) is 0.625. The van der Waals surface area contributed by atoms with Gasteiger partial charge in [-0.15, -0.1) is 0 Å². The molecule has 1 aliphatic rings. The molecule has 2 rings (SSSR count). The van der Waals surface area contributed by atoms with Gasteiger partial charge in [0, 0.05) is 30.8 Å². The summed E-state index contributed by atoms with van der Waals surface area (Å²) >= 11 is 3.84. The van der Waals surface area contributed by atoms with Crippen molar-refractivity contribution < 1.29 is 0 Å². The molecule has 1 fully saturated rings. The fraction of sp³-hybridized carbons (Fsp3) is 0.667. The summed E-state index contributed by atoms with van der Waals surface area (Å²) in [6.07, 6.45) is 2.70. The first-order valence-electron chi connectivity index (χ1n) is 7.45. The lowest BCUT2D eigenvalue weighted by Crippen LogP contribution is -2.40. The van der Waals surface area contributed by atoms with Gasteiger partial charge in [-0.1, -0.05) is 6.92 Å². The summed E-state index contributed by atoms with van der Waals surface area (Å²) < 4.78 is 0. The average Bonchev–Trinajstić information content (AvgIpc) is 3.13. The first-order valence-corrected chi connectivity index (χ1v) is 9.44. The highest BCUT2D eigenvalue weighted by Crippen LogP contribution is 2.25. The van der Waals surface area contributed by atoms with E-state index in [-0.39, 0.29) is 0 Å². The van der Waals surface area contributed by atoms with Crippen LogP contribution in [0.2, 0.25) is 0 Å². The van der Waals surface area contributed by atoms with Gasteiger partial charge in [-0.3, -0.25) is 4.99 Å². The molecular weight excluding hydrogens is 286 g/mol. The first kappa shape index (κ1) is 15.7. The zero-order valence-corrected chi connectivity index (χ0v) is 14.0. The van der Waals surface area contributed by atoms with Crippen molar-refractivity contribution >= 4 is 29.1 Å². The molecule has 0 bridgehead atoms. The van der Waals surface area contributed by atoms with Crippen molar-refractivity contribution in [1.82, 2.24) is 10.6 Å². The van der Waals surface area contributed by atoms with Crippen molar-refractivity contribution in [2.45, 2.75) is 37.9 Å². The van der Waals surface area contributed by atoms with E-state index in [1.807, 2.05) is 0 Å². The summed E-state index contributed by atoms with van der Waals surface area (Å²) in [7, 11) is 0. The fourth-order valence-corrected chi connectivity index (χ4v) is 4.23. The van der Waals surface area contributed by atoms with E-state index in [0.29, 0.717) is 5.92 Å². The molecule has 0 aromatic carbocycles. The Labute approximate surface area is 130 Å². The third-order valence-corrected chi connectivity index (χ3v) is 5.60. The maximum atomic E-state index is 4.72. The summed E-state index contributed by atoms with van der Waals surface area (Å²) in [5, 5.41) is 11.9. The summed E-state index contributed by atoms with van der Waals surface area (Å²) in [6.45, 7) is 7.13. The monoisotopic (exact) mass is 311 g/mol. The predicted octanol–water partition coefficient (Wildman–Crippen LogP) is 3.30. The predicted molar refractivity (Wildman–Crippen MR) is 92.2 cm³/mol. The number of guanidine groups is 1. The second kappa shape index (κ2) is 8.57. The van der Waals surface area contributed by atoms with Crippen molar-refractivity contribution in [2.24, 2.45) is 4.99 Å². The van der Waals surface area contributed by atoms with Gasteiger partial charge in [0.25, 0.3) is 0 Å². The van der Waals surface area contributed by atoms with E-state index in [9.17, 15) is 0 Å². The number of hydrogen-bond donors (Lipinski definition) is 2. The van der Waals surface area contributed by atoms with Crippen LogP contribution in [0.1, 0.15) is 38.2 Å². The molecule has 1 aromatic rings. The molecule has 0 aliphatic carbocycles. The second-order valence-electron chi connectivity index (χ2n) is 5.19. The molecule has 2 N–H and O–H groups in total. The molecule has 0 radical (unpaired) electrons. The molecule has 112 valence electrons. The van der Waals surface area contributed by atoms with Crippen LogP contribution in [0.5, 0.6) is 0 Å². The van der Waals surface area contributed by atoms with E-state index in [1.165, 1.54) is 24.2 Å². The fourth-order valence-electron chi connectivity index (χ4n) is 2.25. The lowest BCUT2D eigenvalue weighted by atomic mass is 10.1. The topological polar surface area (TPSA) is 36.4 Å². The maximum Gasteiger partial charge on any atom is 0.191 e. The molecule has 0 amide bonds. The smallest absolute Gasteiger partial charge is 0.191 e. The number of thiophene rings is 1. The van der Waals surface area contributed by atoms with Crippen molar-refractivity contribution in [3.8, 4) is 0 Å². The number of hydrogen-bond acceptors (Lipinski definition) is 3. The second-order valence-corrected chi connectivity index (χ2v) is 7.38. The molecule has 2 unspecified atom stereocenters. The Hall–Kier alpha value is -0.680. The van der Waals surface area contributed by atoms with Gasteiger partial charge in [0.1, 0.15) is 0 Å². The summed E-state index contributed by atoms with van der Waals surface area (Å²) in [4.78, 5) is 4.72. The van der Waals surface area contributed by atoms with Crippen LogP contribution in [0, 0.1) is 0 Å². The number of aliphatic imine (C=N–C) groups is 1. The maximum absolute atomic E-state index is 4.72. The van der Waals surface area contributed by atoms with Gasteiger partial charge < -0.3 is 10.6 Å². The summed E-state index contributed by atoms with van der Waals surface area (Å²) in [5.74, 6) is 2.76. The zero-order valence-electron chi connectivity index (χ0n) is 12.4. The van der Waals surface area contributed by atoms with Crippen molar-refractivity contribution in [2.75, 3.05) is 25.4 Å². The molecule has 20 heavy (non-hydrogen) atoms. The van der Waals surface area contributed by atoms with Crippen LogP contribution >= 0.6 is 23.1 Å². The Bertz CT molecular complexity index is 397. The largest absolute Gasteiger partial charge is 0.357 e. The van der Waals surface area contributed by atoms with Crippen LogP contribution in [-0.4, -0.2) is 36.6 Å². The van der Waals surface area contributed by atoms with Gasteiger partial charge in [-0.05, 0) is 47.9 Å². The third-order valence-electron chi connectivity index (χ3n) is 3.50. The van der Waals surface area contributed by atoms with Gasteiger partial charge >= 0.3 is 0 Å². The van der Waals surface area contributed by atoms with E-state index >= 15 is 0 Å². The first-order chi connectivity index (χ1) is 9.79. The van der Waals surface area contributed by atoms with Crippen LogP contribution in [0.15, 0.2) is 21.8 Å². The molecule has 1 saturated heterocycles. The molecule has 0 spiro atoms. The van der Waals surface area contributed by atoms with Gasteiger partial charge in [0.05, 0.1) is 0 Å². The number of nitrogens with one attached hydrogen (secondary N) is 2. The summed E-state index contributed by atoms with van der Waals surface area (Å²) in [6, 6.07) is 2.19. The van der Waals surface area contributed by atoms with Crippen LogP contribution in [0.25, 0.3) is 0 Å². The van der Waals surface area contributed by atoms with Crippen LogP contribution in [0.4, 0.5) is 0 Å². The van der Waals surface area contributed by atoms with Gasteiger partial charge in [0.2, 0.25) is 0 Å². The Morgan fingerprint density at radius 3 is 3.05 bits per heavy atom. The Morgan fingerprint density at radius 1 is 1.50 bits per heavy atom. The van der Waals surface area contributed by atoms with E-state index in [1.54, 1.807) is 11.3 Å². The lowest BCUT2D eigenvalue weighted by Gasteiger charge is -2.15. The number of nitrogens with zero attached hydrogens (tertiary/aromatic N) is 1. The molecule has 5 heteroatoms. The van der Waals surface area contributed by atoms with E-state index < -0.39 is 0 Å². The van der Waals surface area contributed by atoms with Crippen molar-refractivity contribution in [3.63, 3.8) is 0 Å². The SMILES string of the molecule is CCNC(=NCC(C)c1ccsc1)NCC1CCCS1. The third kappa shape index (κ3) is 5.02. The Morgan fingerprint density at radius 2 is 2.40 bits per heavy atom. The highest BCUT2D eigenvalue weighted by molar-refractivity contribution is 8.00. The molecule has 2 atom stereocenters. The minimum absolute atomic E-state index is 0.484. The molecule has 2 heterocycles. The highest BCUT2D eigenvalue weighted by atomic mass is 32.2. The van der Waals surface area contributed by atoms with Gasteiger partial charge in [-0.25, -0.2) is 0 Å². The van der Waals surface area contributed by atoms with Gasteiger partial charge in [-0.2, -0.15) is 23.1 Å². The van der Waals surface area contributed by atoms with Crippen LogP contribution in [0.3, 0.4) is 0 Å². The van der Waals surface area contributed by atoms with Crippen molar-refractivity contribution in [3.05, 3.63) is 22.4 Å². The number of thioether (sulfide) groups is 1. The van der Waals surface area contributed by atoms with Crippen LogP contribution < -0.4 is 10.6 Å². The lowest BCUT2D eigenvalue weighted by molar-refractivity contribution is 0.716.